The molecule has 1 aromatic heterocycles. The van der Waals surface area contributed by atoms with Crippen LogP contribution >= 0.6 is 23.2 Å². The Balaban J connectivity index is 1.63. The third-order valence-corrected chi connectivity index (χ3v) is 4.86. The number of rotatable bonds is 9. The Labute approximate surface area is 169 Å². The molecule has 0 fully saturated rings. The van der Waals surface area contributed by atoms with E-state index >= 15 is 0 Å². The summed E-state index contributed by atoms with van der Waals surface area (Å²) in [5.41, 5.74) is 0.613. The molecule has 27 heavy (non-hydrogen) atoms. The van der Waals surface area contributed by atoms with Gasteiger partial charge in [-0.2, -0.15) is 5.10 Å². The highest BCUT2D eigenvalue weighted by atomic mass is 35.5. The predicted octanol–water partition coefficient (Wildman–Crippen LogP) is 4.71. The minimum Gasteiger partial charge on any atom is -0.493 e. The largest absolute Gasteiger partial charge is 0.493 e. The van der Waals surface area contributed by atoms with Gasteiger partial charge in [-0.3, -0.25) is 0 Å². The van der Waals surface area contributed by atoms with E-state index in [1.54, 1.807) is 11.0 Å². The summed E-state index contributed by atoms with van der Waals surface area (Å²) >= 11 is 12.7. The van der Waals surface area contributed by atoms with E-state index in [4.69, 9.17) is 27.9 Å². The van der Waals surface area contributed by atoms with E-state index < -0.39 is 5.50 Å². The number of halogens is 2. The SMILES string of the molecule is CC(CNC(c1ccc(Cl)cc1)C(Cl)n1cncn1)COc1ccccc1. The first-order valence-corrected chi connectivity index (χ1v) is 9.60. The van der Waals surface area contributed by atoms with Gasteiger partial charge in [0.05, 0.1) is 12.6 Å². The lowest BCUT2D eigenvalue weighted by Crippen LogP contribution is -2.33. The number of hydrogen-bond acceptors (Lipinski definition) is 4. The molecule has 0 saturated heterocycles. The monoisotopic (exact) mass is 404 g/mol. The lowest BCUT2D eigenvalue weighted by molar-refractivity contribution is 0.247. The lowest BCUT2D eigenvalue weighted by atomic mass is 10.1. The maximum atomic E-state index is 6.68. The average Bonchev–Trinajstić information content (AvgIpc) is 3.23. The van der Waals surface area contributed by atoms with E-state index in [-0.39, 0.29) is 6.04 Å². The molecule has 142 valence electrons. The summed E-state index contributed by atoms with van der Waals surface area (Å²) in [4.78, 5) is 3.99. The second kappa shape index (κ2) is 9.74. The van der Waals surface area contributed by atoms with Gasteiger partial charge in [0, 0.05) is 17.5 Å². The van der Waals surface area contributed by atoms with Crippen molar-refractivity contribution in [2.75, 3.05) is 13.2 Å². The quantitative estimate of drug-likeness (QED) is 0.524. The van der Waals surface area contributed by atoms with Crippen molar-refractivity contribution in [1.29, 1.82) is 0 Å². The Hall–Kier alpha value is -2.08. The molecule has 0 spiro atoms. The molecule has 1 N–H and O–H groups in total. The first-order valence-electron chi connectivity index (χ1n) is 8.78. The Kier molecular flexibility index (Phi) is 7.10. The van der Waals surface area contributed by atoms with Crippen LogP contribution in [0, 0.1) is 5.92 Å². The van der Waals surface area contributed by atoms with Gasteiger partial charge in [-0.1, -0.05) is 60.5 Å². The van der Waals surface area contributed by atoms with Crippen molar-refractivity contribution in [2.45, 2.75) is 18.5 Å². The van der Waals surface area contributed by atoms with Gasteiger partial charge < -0.3 is 10.1 Å². The second-order valence-electron chi connectivity index (χ2n) is 6.41. The number of para-hydroxylation sites is 1. The van der Waals surface area contributed by atoms with Crippen LogP contribution in [0.5, 0.6) is 5.75 Å². The molecule has 3 rings (SSSR count). The number of alkyl halides is 1. The van der Waals surface area contributed by atoms with Crippen molar-refractivity contribution in [2.24, 2.45) is 5.92 Å². The number of benzene rings is 2. The fourth-order valence-corrected chi connectivity index (χ4v) is 3.15. The van der Waals surface area contributed by atoms with Crippen LogP contribution in [0.3, 0.4) is 0 Å². The van der Waals surface area contributed by atoms with E-state index in [9.17, 15) is 0 Å². The first kappa shape index (κ1) is 19.7. The van der Waals surface area contributed by atoms with Crippen molar-refractivity contribution < 1.29 is 4.74 Å². The summed E-state index contributed by atoms with van der Waals surface area (Å²) < 4.78 is 7.47. The third-order valence-electron chi connectivity index (χ3n) is 4.16. The molecular formula is C20H22Cl2N4O. The molecule has 0 amide bonds. The molecule has 0 aliphatic rings. The molecule has 2 aromatic carbocycles. The van der Waals surface area contributed by atoms with Gasteiger partial charge in [-0.05, 0) is 29.8 Å². The van der Waals surface area contributed by atoms with Crippen LogP contribution in [0.15, 0.2) is 67.3 Å². The van der Waals surface area contributed by atoms with Crippen molar-refractivity contribution in [3.8, 4) is 5.75 Å². The summed E-state index contributed by atoms with van der Waals surface area (Å²) in [5.74, 6) is 1.16. The van der Waals surface area contributed by atoms with E-state index in [1.807, 2.05) is 54.6 Å². The van der Waals surface area contributed by atoms with E-state index in [0.29, 0.717) is 17.5 Å². The van der Waals surface area contributed by atoms with Gasteiger partial charge in [0.1, 0.15) is 23.9 Å². The molecule has 5 nitrogen and oxygen atoms in total. The van der Waals surface area contributed by atoms with E-state index in [2.05, 4.69) is 22.3 Å². The molecule has 0 saturated carbocycles. The van der Waals surface area contributed by atoms with Crippen LogP contribution in [0.2, 0.25) is 5.02 Å². The summed E-state index contributed by atoms with van der Waals surface area (Å²) in [6.07, 6.45) is 3.09. The fraction of sp³-hybridized carbons (Fsp3) is 0.300. The molecule has 0 bridgehead atoms. The van der Waals surface area contributed by atoms with Gasteiger partial charge in [-0.25, -0.2) is 9.67 Å². The lowest BCUT2D eigenvalue weighted by Gasteiger charge is -2.26. The summed E-state index contributed by atoms with van der Waals surface area (Å²) in [5, 5.41) is 8.39. The van der Waals surface area contributed by atoms with Crippen LogP contribution in [-0.2, 0) is 0 Å². The molecule has 3 aromatic rings. The first-order chi connectivity index (χ1) is 13.1. The zero-order valence-corrected chi connectivity index (χ0v) is 16.5. The second-order valence-corrected chi connectivity index (χ2v) is 7.30. The molecule has 0 aliphatic carbocycles. The normalized spacial score (nSPS) is 14.5. The molecular weight excluding hydrogens is 383 g/mol. The van der Waals surface area contributed by atoms with E-state index in [0.717, 1.165) is 17.9 Å². The Morgan fingerprint density at radius 3 is 2.52 bits per heavy atom. The number of aromatic nitrogens is 3. The highest BCUT2D eigenvalue weighted by molar-refractivity contribution is 6.30. The van der Waals surface area contributed by atoms with Crippen LogP contribution in [0.25, 0.3) is 0 Å². The van der Waals surface area contributed by atoms with E-state index in [1.165, 1.54) is 6.33 Å². The molecule has 3 atom stereocenters. The van der Waals surface area contributed by atoms with Gasteiger partial charge in [0.2, 0.25) is 0 Å². The molecule has 0 radical (unpaired) electrons. The molecule has 7 heteroatoms. The number of nitrogens with one attached hydrogen (secondary N) is 1. The molecule has 1 heterocycles. The zero-order valence-electron chi connectivity index (χ0n) is 15.0. The highest BCUT2D eigenvalue weighted by Crippen LogP contribution is 2.30. The Morgan fingerprint density at radius 2 is 1.85 bits per heavy atom. The molecule has 0 aliphatic heterocycles. The van der Waals surface area contributed by atoms with Gasteiger partial charge in [0.15, 0.2) is 0 Å². The van der Waals surface area contributed by atoms with Crippen molar-refractivity contribution in [3.05, 3.63) is 77.8 Å². The van der Waals surface area contributed by atoms with Crippen molar-refractivity contribution in [1.82, 2.24) is 20.1 Å². The smallest absolute Gasteiger partial charge is 0.146 e. The maximum absolute atomic E-state index is 6.68. The minimum atomic E-state index is -0.420. The van der Waals surface area contributed by atoms with Crippen LogP contribution in [0.1, 0.15) is 24.0 Å². The van der Waals surface area contributed by atoms with Crippen LogP contribution < -0.4 is 10.1 Å². The van der Waals surface area contributed by atoms with Crippen LogP contribution in [0.4, 0.5) is 0 Å². The van der Waals surface area contributed by atoms with Crippen molar-refractivity contribution in [3.63, 3.8) is 0 Å². The van der Waals surface area contributed by atoms with Gasteiger partial charge >= 0.3 is 0 Å². The molecule has 3 unspecified atom stereocenters. The number of hydrogen-bond donors (Lipinski definition) is 1. The topological polar surface area (TPSA) is 52.0 Å². The van der Waals surface area contributed by atoms with Crippen molar-refractivity contribution >= 4 is 23.2 Å². The maximum Gasteiger partial charge on any atom is 0.146 e. The standard InChI is InChI=1S/C20H22Cl2N4O/c1-15(12-27-18-5-3-2-4-6-18)11-24-19(16-7-9-17(21)10-8-16)20(22)26-14-23-13-25-26/h2-10,13-15,19-20,24H,11-12H2,1H3. The summed E-state index contributed by atoms with van der Waals surface area (Å²) in [6.45, 7) is 3.48. The Morgan fingerprint density at radius 1 is 1.11 bits per heavy atom. The summed E-state index contributed by atoms with van der Waals surface area (Å²) in [7, 11) is 0. The summed E-state index contributed by atoms with van der Waals surface area (Å²) in [6, 6.07) is 17.3. The van der Waals surface area contributed by atoms with Gasteiger partial charge in [0.25, 0.3) is 0 Å². The number of ether oxygens (including phenoxy) is 1. The third kappa shape index (κ3) is 5.70. The van der Waals surface area contributed by atoms with Crippen LogP contribution in [-0.4, -0.2) is 27.9 Å². The zero-order chi connectivity index (χ0) is 19.1. The average molecular weight is 405 g/mol. The Bertz CT molecular complexity index is 797. The van der Waals surface area contributed by atoms with Gasteiger partial charge in [-0.15, -0.1) is 0 Å². The minimum absolute atomic E-state index is 0.148. The fourth-order valence-electron chi connectivity index (χ4n) is 2.68. The highest BCUT2D eigenvalue weighted by Gasteiger charge is 2.24. The number of nitrogens with zero attached hydrogens (tertiary/aromatic N) is 3. The predicted molar refractivity (Wildman–Crippen MR) is 108 cm³/mol.